The average molecular weight is 293 g/mol. The first-order valence-corrected chi connectivity index (χ1v) is 7.11. The number of Topliss-reactive ketones (excluding diaryl/α,β-unsaturated/α-hetero) is 1. The number of hydrogen-bond acceptors (Lipinski definition) is 3. The topological polar surface area (TPSA) is 26.3 Å². The van der Waals surface area contributed by atoms with Gasteiger partial charge < -0.3 is 4.74 Å². The Labute approximate surface area is 121 Å². The van der Waals surface area contributed by atoms with Gasteiger partial charge >= 0.3 is 0 Å². The predicted molar refractivity (Wildman–Crippen MR) is 79.5 cm³/mol. The molecule has 0 aromatic heterocycles. The van der Waals surface area contributed by atoms with E-state index >= 15 is 0 Å². The van der Waals surface area contributed by atoms with Gasteiger partial charge in [-0.1, -0.05) is 23.7 Å². The van der Waals surface area contributed by atoms with Crippen molar-refractivity contribution < 1.29 is 9.53 Å². The maximum atomic E-state index is 12.0. The molecule has 0 N–H and O–H groups in total. The third-order valence-electron chi connectivity index (χ3n) is 2.58. The fourth-order valence-corrected chi connectivity index (χ4v) is 2.55. The highest BCUT2D eigenvalue weighted by molar-refractivity contribution is 8.00. The lowest BCUT2D eigenvalue weighted by Gasteiger charge is -2.03. The summed E-state index contributed by atoms with van der Waals surface area (Å²) in [4.78, 5) is 13.0. The lowest BCUT2D eigenvalue weighted by Crippen LogP contribution is -2.01. The normalized spacial score (nSPS) is 10.2. The molecule has 0 aliphatic heterocycles. The van der Waals surface area contributed by atoms with Gasteiger partial charge in [-0.05, 0) is 36.4 Å². The molecule has 0 aliphatic carbocycles. The highest BCUT2D eigenvalue weighted by atomic mass is 35.5. The molecular formula is C15H13ClO2S. The Morgan fingerprint density at radius 3 is 2.58 bits per heavy atom. The van der Waals surface area contributed by atoms with Gasteiger partial charge in [-0.15, -0.1) is 11.8 Å². The molecule has 0 spiro atoms. The van der Waals surface area contributed by atoms with E-state index in [1.165, 1.54) is 11.8 Å². The second-order valence-electron chi connectivity index (χ2n) is 3.90. The molecule has 2 aromatic carbocycles. The largest absolute Gasteiger partial charge is 0.497 e. The van der Waals surface area contributed by atoms with Crippen LogP contribution < -0.4 is 4.74 Å². The minimum absolute atomic E-state index is 0.0725. The molecule has 2 rings (SSSR count). The number of rotatable bonds is 5. The molecule has 0 atom stereocenters. The molecule has 0 bridgehead atoms. The van der Waals surface area contributed by atoms with Gasteiger partial charge in [-0.2, -0.15) is 0 Å². The van der Waals surface area contributed by atoms with E-state index in [9.17, 15) is 4.79 Å². The quantitative estimate of drug-likeness (QED) is 0.606. The van der Waals surface area contributed by atoms with Crippen molar-refractivity contribution in [3.05, 3.63) is 59.1 Å². The Bertz CT molecular complexity index is 567. The van der Waals surface area contributed by atoms with Crippen LogP contribution in [-0.2, 0) is 0 Å². The lowest BCUT2D eigenvalue weighted by atomic mass is 10.1. The van der Waals surface area contributed by atoms with Crippen LogP contribution in [0.4, 0.5) is 0 Å². The van der Waals surface area contributed by atoms with E-state index in [4.69, 9.17) is 16.3 Å². The van der Waals surface area contributed by atoms with Crippen LogP contribution in [0.15, 0.2) is 53.4 Å². The number of ether oxygens (including phenoxy) is 1. The van der Waals surface area contributed by atoms with Gasteiger partial charge in [0.25, 0.3) is 0 Å². The van der Waals surface area contributed by atoms with Crippen LogP contribution >= 0.6 is 23.4 Å². The Hall–Kier alpha value is -1.45. The first-order chi connectivity index (χ1) is 9.19. The molecule has 0 aliphatic rings. The standard InChI is InChI=1S/C15H13ClO2S/c1-18-13-5-7-14(8-6-13)19-10-15(17)11-3-2-4-12(16)9-11/h2-9H,10H2,1H3. The van der Waals surface area contributed by atoms with E-state index in [1.54, 1.807) is 31.4 Å². The number of thioether (sulfide) groups is 1. The third-order valence-corrected chi connectivity index (χ3v) is 3.82. The predicted octanol–water partition coefficient (Wildman–Crippen LogP) is 4.32. The number of hydrogen-bond donors (Lipinski definition) is 0. The van der Waals surface area contributed by atoms with Gasteiger partial charge in [0, 0.05) is 15.5 Å². The summed E-state index contributed by atoms with van der Waals surface area (Å²) >= 11 is 7.37. The fraction of sp³-hybridized carbons (Fsp3) is 0.133. The Kier molecular flexibility index (Phi) is 4.88. The summed E-state index contributed by atoms with van der Waals surface area (Å²) in [6.07, 6.45) is 0. The first kappa shape index (κ1) is 14.0. The van der Waals surface area contributed by atoms with Crippen molar-refractivity contribution >= 4 is 29.1 Å². The van der Waals surface area contributed by atoms with Crippen molar-refractivity contribution in [2.75, 3.05) is 12.9 Å². The number of benzene rings is 2. The number of ketones is 1. The van der Waals surface area contributed by atoms with Crippen molar-refractivity contribution in [1.82, 2.24) is 0 Å². The summed E-state index contributed by atoms with van der Waals surface area (Å²) in [5.74, 6) is 1.28. The molecule has 19 heavy (non-hydrogen) atoms. The van der Waals surface area contributed by atoms with Gasteiger partial charge in [0.05, 0.1) is 12.9 Å². The molecule has 0 fully saturated rings. The van der Waals surface area contributed by atoms with Crippen molar-refractivity contribution in [3.63, 3.8) is 0 Å². The summed E-state index contributed by atoms with van der Waals surface area (Å²) < 4.78 is 5.09. The van der Waals surface area contributed by atoms with Gasteiger partial charge in [0.15, 0.2) is 5.78 Å². The van der Waals surface area contributed by atoms with E-state index in [-0.39, 0.29) is 5.78 Å². The smallest absolute Gasteiger partial charge is 0.173 e. The zero-order valence-corrected chi connectivity index (χ0v) is 12.0. The molecule has 0 amide bonds. The van der Waals surface area contributed by atoms with Crippen LogP contribution in [0, 0.1) is 0 Å². The molecule has 2 nitrogen and oxygen atoms in total. The Balaban J connectivity index is 1.96. The molecule has 4 heteroatoms. The second-order valence-corrected chi connectivity index (χ2v) is 5.38. The maximum absolute atomic E-state index is 12.0. The first-order valence-electron chi connectivity index (χ1n) is 5.74. The van der Waals surface area contributed by atoms with Crippen molar-refractivity contribution in [2.45, 2.75) is 4.90 Å². The van der Waals surface area contributed by atoms with E-state index in [0.29, 0.717) is 16.3 Å². The Morgan fingerprint density at radius 2 is 1.95 bits per heavy atom. The van der Waals surface area contributed by atoms with Crippen molar-refractivity contribution in [2.24, 2.45) is 0 Å². The lowest BCUT2D eigenvalue weighted by molar-refractivity contribution is 0.102. The van der Waals surface area contributed by atoms with Crippen LogP contribution in [0.2, 0.25) is 5.02 Å². The summed E-state index contributed by atoms with van der Waals surface area (Å²) in [5, 5.41) is 0.584. The van der Waals surface area contributed by atoms with Crippen LogP contribution in [-0.4, -0.2) is 18.6 Å². The van der Waals surface area contributed by atoms with Gasteiger partial charge in [-0.3, -0.25) is 4.79 Å². The number of methoxy groups -OCH3 is 1. The van der Waals surface area contributed by atoms with Crippen molar-refractivity contribution in [3.8, 4) is 5.75 Å². The molecule has 0 radical (unpaired) electrons. The summed E-state index contributed by atoms with van der Waals surface area (Å²) in [5.41, 5.74) is 0.647. The van der Waals surface area contributed by atoms with E-state index in [2.05, 4.69) is 0 Å². The zero-order valence-electron chi connectivity index (χ0n) is 10.4. The minimum atomic E-state index is 0.0725. The molecule has 2 aromatic rings. The fourth-order valence-electron chi connectivity index (χ4n) is 1.57. The van der Waals surface area contributed by atoms with E-state index < -0.39 is 0 Å². The monoisotopic (exact) mass is 292 g/mol. The van der Waals surface area contributed by atoms with Gasteiger partial charge in [0.2, 0.25) is 0 Å². The molecule has 98 valence electrons. The highest BCUT2D eigenvalue weighted by Crippen LogP contribution is 2.22. The molecule has 0 unspecified atom stereocenters. The van der Waals surface area contributed by atoms with Crippen molar-refractivity contribution in [1.29, 1.82) is 0 Å². The van der Waals surface area contributed by atoms with E-state index in [1.807, 2.05) is 24.3 Å². The highest BCUT2D eigenvalue weighted by Gasteiger charge is 2.07. The van der Waals surface area contributed by atoms with Gasteiger partial charge in [0.1, 0.15) is 5.75 Å². The molecule has 0 saturated heterocycles. The van der Waals surface area contributed by atoms with Crippen LogP contribution in [0.1, 0.15) is 10.4 Å². The minimum Gasteiger partial charge on any atom is -0.497 e. The van der Waals surface area contributed by atoms with Crippen LogP contribution in [0.5, 0.6) is 5.75 Å². The van der Waals surface area contributed by atoms with E-state index in [0.717, 1.165) is 10.6 Å². The summed E-state index contributed by atoms with van der Waals surface area (Å²) in [7, 11) is 1.63. The molecule has 0 heterocycles. The second kappa shape index (κ2) is 6.64. The average Bonchev–Trinajstić information content (AvgIpc) is 2.45. The van der Waals surface area contributed by atoms with Crippen LogP contribution in [0.3, 0.4) is 0 Å². The summed E-state index contributed by atoms with van der Waals surface area (Å²) in [6.45, 7) is 0. The molecule has 0 saturated carbocycles. The zero-order chi connectivity index (χ0) is 13.7. The number of halogens is 1. The summed E-state index contributed by atoms with van der Waals surface area (Å²) in [6, 6.07) is 14.7. The maximum Gasteiger partial charge on any atom is 0.173 e. The number of carbonyl (C=O) groups is 1. The Morgan fingerprint density at radius 1 is 1.21 bits per heavy atom. The van der Waals surface area contributed by atoms with Crippen LogP contribution in [0.25, 0.3) is 0 Å². The number of carbonyl (C=O) groups excluding carboxylic acids is 1. The molecular weight excluding hydrogens is 280 g/mol. The van der Waals surface area contributed by atoms with Gasteiger partial charge in [-0.25, -0.2) is 0 Å². The SMILES string of the molecule is COc1ccc(SCC(=O)c2cccc(Cl)c2)cc1. The third kappa shape index (κ3) is 4.01.